The highest BCUT2D eigenvalue weighted by Crippen LogP contribution is 2.29. The first-order chi connectivity index (χ1) is 7.99. The van der Waals surface area contributed by atoms with Crippen LogP contribution in [-0.2, 0) is 14.3 Å². The molecule has 0 spiro atoms. The Morgan fingerprint density at radius 1 is 1.41 bits per heavy atom. The van der Waals surface area contributed by atoms with Crippen LogP contribution in [0.3, 0.4) is 0 Å². The zero-order valence-electron chi connectivity index (χ0n) is 10.7. The molecule has 0 aliphatic carbocycles. The second-order valence-corrected chi connectivity index (χ2v) is 5.77. The zero-order chi connectivity index (χ0) is 12.5. The summed E-state index contributed by atoms with van der Waals surface area (Å²) in [5.74, 6) is 0.742. The highest BCUT2D eigenvalue weighted by Gasteiger charge is 2.40. The van der Waals surface area contributed by atoms with Crippen LogP contribution in [0.2, 0.25) is 0 Å². The van der Waals surface area contributed by atoms with Gasteiger partial charge in [0.25, 0.3) is 0 Å². The number of likely N-dealkylation sites (tertiary alicyclic amines) is 1. The molecule has 4 nitrogen and oxygen atoms in total. The fourth-order valence-electron chi connectivity index (χ4n) is 2.76. The van der Waals surface area contributed by atoms with Gasteiger partial charge in [-0.15, -0.1) is 0 Å². The van der Waals surface area contributed by atoms with Gasteiger partial charge in [0.2, 0.25) is 5.91 Å². The van der Waals surface area contributed by atoms with Gasteiger partial charge < -0.3 is 9.64 Å². The molecule has 0 atom stereocenters. The van der Waals surface area contributed by atoms with Crippen molar-refractivity contribution in [3.63, 3.8) is 0 Å². The fourth-order valence-corrected chi connectivity index (χ4v) is 2.76. The highest BCUT2D eigenvalue weighted by atomic mass is 16.5. The molecule has 0 saturated carbocycles. The minimum atomic E-state index is -0.292. The smallest absolute Gasteiger partial charge is 0.223 e. The molecule has 0 bridgehead atoms. The summed E-state index contributed by atoms with van der Waals surface area (Å²) in [6, 6.07) is 0. The Morgan fingerprint density at radius 2 is 2.06 bits per heavy atom. The van der Waals surface area contributed by atoms with E-state index >= 15 is 0 Å². The minimum absolute atomic E-state index is 0.132. The summed E-state index contributed by atoms with van der Waals surface area (Å²) >= 11 is 0. The molecule has 2 fully saturated rings. The van der Waals surface area contributed by atoms with Crippen LogP contribution in [-0.4, -0.2) is 41.9 Å². The van der Waals surface area contributed by atoms with Gasteiger partial charge in [-0.2, -0.15) is 0 Å². The fraction of sp³-hybridized carbons (Fsp3) is 0.846. The first-order valence-corrected chi connectivity index (χ1v) is 6.39. The number of nitrogens with zero attached hydrogens (tertiary/aromatic N) is 1. The predicted molar refractivity (Wildman–Crippen MR) is 63.6 cm³/mol. The quantitative estimate of drug-likeness (QED) is 0.731. The highest BCUT2D eigenvalue weighted by molar-refractivity contribution is 5.91. The maximum atomic E-state index is 12.2. The van der Waals surface area contributed by atoms with Gasteiger partial charge in [-0.05, 0) is 32.6 Å². The maximum absolute atomic E-state index is 12.2. The normalized spacial score (nSPS) is 25.3. The lowest BCUT2D eigenvalue weighted by Crippen LogP contribution is -2.43. The lowest BCUT2D eigenvalue weighted by molar-refractivity contribution is -0.136. The Kier molecular flexibility index (Phi) is 3.52. The molecule has 2 aliphatic heterocycles. The molecule has 96 valence electrons. The van der Waals surface area contributed by atoms with E-state index < -0.39 is 0 Å². The first kappa shape index (κ1) is 12.6. The van der Waals surface area contributed by atoms with Crippen LogP contribution >= 0.6 is 0 Å². The lowest BCUT2D eigenvalue weighted by atomic mass is 9.94. The molecule has 2 heterocycles. The predicted octanol–water partition coefficient (Wildman–Crippen LogP) is 1.38. The van der Waals surface area contributed by atoms with Crippen molar-refractivity contribution >= 4 is 11.7 Å². The second kappa shape index (κ2) is 4.77. The Labute approximate surface area is 102 Å². The van der Waals surface area contributed by atoms with Gasteiger partial charge in [0.1, 0.15) is 0 Å². The molecule has 0 unspecified atom stereocenters. The number of hydrogen-bond acceptors (Lipinski definition) is 3. The van der Waals surface area contributed by atoms with Gasteiger partial charge >= 0.3 is 0 Å². The van der Waals surface area contributed by atoms with E-state index in [-0.39, 0.29) is 17.2 Å². The number of carbonyl (C=O) groups excluding carboxylic acids is 2. The van der Waals surface area contributed by atoms with Crippen molar-refractivity contribution in [2.75, 3.05) is 19.8 Å². The largest absolute Gasteiger partial charge is 0.381 e. The number of ether oxygens (including phenoxy) is 1. The van der Waals surface area contributed by atoms with Gasteiger partial charge in [-0.3, -0.25) is 9.59 Å². The van der Waals surface area contributed by atoms with Gasteiger partial charge in [0, 0.05) is 31.6 Å². The van der Waals surface area contributed by atoms with E-state index in [2.05, 4.69) is 0 Å². The van der Waals surface area contributed by atoms with E-state index in [4.69, 9.17) is 4.74 Å². The maximum Gasteiger partial charge on any atom is 0.223 e. The molecule has 17 heavy (non-hydrogen) atoms. The van der Waals surface area contributed by atoms with Gasteiger partial charge in [-0.25, -0.2) is 0 Å². The molecule has 0 aromatic heterocycles. The Balaban J connectivity index is 1.93. The van der Waals surface area contributed by atoms with Crippen molar-refractivity contribution < 1.29 is 14.3 Å². The van der Waals surface area contributed by atoms with Gasteiger partial charge in [-0.1, -0.05) is 0 Å². The van der Waals surface area contributed by atoms with Crippen LogP contribution in [0.25, 0.3) is 0 Å². The van der Waals surface area contributed by atoms with Gasteiger partial charge in [0.05, 0.1) is 6.54 Å². The first-order valence-electron chi connectivity index (χ1n) is 6.39. The third-order valence-electron chi connectivity index (χ3n) is 3.80. The lowest BCUT2D eigenvalue weighted by Gasteiger charge is -2.32. The number of ketones is 1. The van der Waals surface area contributed by atoms with Crippen LogP contribution in [0, 0.1) is 5.92 Å². The van der Waals surface area contributed by atoms with Crippen LogP contribution in [0.4, 0.5) is 0 Å². The van der Waals surface area contributed by atoms with Gasteiger partial charge in [0.15, 0.2) is 5.78 Å². The monoisotopic (exact) mass is 239 g/mol. The molecule has 2 rings (SSSR count). The van der Waals surface area contributed by atoms with Crippen molar-refractivity contribution in [3.05, 3.63) is 0 Å². The van der Waals surface area contributed by atoms with E-state index in [1.807, 2.05) is 13.8 Å². The third-order valence-corrected chi connectivity index (χ3v) is 3.80. The van der Waals surface area contributed by atoms with E-state index in [0.29, 0.717) is 25.3 Å². The van der Waals surface area contributed by atoms with E-state index in [9.17, 15) is 9.59 Å². The van der Waals surface area contributed by atoms with Crippen molar-refractivity contribution in [1.82, 2.24) is 4.90 Å². The topological polar surface area (TPSA) is 46.6 Å². The average molecular weight is 239 g/mol. The van der Waals surface area contributed by atoms with Crippen molar-refractivity contribution in [3.8, 4) is 0 Å². The molecule has 0 N–H and O–H groups in total. The molecular formula is C13H21NO3. The summed E-state index contributed by atoms with van der Waals surface area (Å²) in [4.78, 5) is 25.4. The van der Waals surface area contributed by atoms with Crippen molar-refractivity contribution in [1.29, 1.82) is 0 Å². The summed E-state index contributed by atoms with van der Waals surface area (Å²) in [7, 11) is 0. The molecule has 2 aliphatic rings. The summed E-state index contributed by atoms with van der Waals surface area (Å²) < 4.78 is 5.29. The van der Waals surface area contributed by atoms with E-state index in [0.717, 1.165) is 26.1 Å². The summed E-state index contributed by atoms with van der Waals surface area (Å²) in [5.41, 5.74) is -0.292. The molecule has 1 amide bonds. The number of rotatable bonds is 2. The number of hydrogen-bond donors (Lipinski definition) is 0. The standard InChI is InChI=1S/C13H21NO3/c1-13(2)8-11(15)9-14(13)12(16)7-10-3-5-17-6-4-10/h10H,3-9H2,1-2H3. The summed E-state index contributed by atoms with van der Waals surface area (Å²) in [6.45, 7) is 5.77. The zero-order valence-corrected chi connectivity index (χ0v) is 10.7. The van der Waals surface area contributed by atoms with Crippen LogP contribution in [0.1, 0.15) is 39.5 Å². The summed E-state index contributed by atoms with van der Waals surface area (Å²) in [5, 5.41) is 0. The second-order valence-electron chi connectivity index (χ2n) is 5.77. The number of carbonyl (C=O) groups is 2. The SMILES string of the molecule is CC1(C)CC(=O)CN1C(=O)CC1CCOCC1. The molecule has 0 aromatic rings. The van der Waals surface area contributed by atoms with E-state index in [1.165, 1.54) is 0 Å². The summed E-state index contributed by atoms with van der Waals surface area (Å²) in [6.07, 6.45) is 2.99. The molecule has 0 radical (unpaired) electrons. The van der Waals surface area contributed by atoms with Crippen LogP contribution in [0.5, 0.6) is 0 Å². The number of amides is 1. The molecule has 2 saturated heterocycles. The molecule has 4 heteroatoms. The Morgan fingerprint density at radius 3 is 2.59 bits per heavy atom. The Hall–Kier alpha value is -0.900. The number of Topliss-reactive ketones (excluding diaryl/α,β-unsaturated/α-hetero) is 1. The Bertz CT molecular complexity index is 319. The molecule has 0 aromatic carbocycles. The van der Waals surface area contributed by atoms with Crippen LogP contribution < -0.4 is 0 Å². The third kappa shape index (κ3) is 2.86. The van der Waals surface area contributed by atoms with Crippen molar-refractivity contribution in [2.45, 2.75) is 45.1 Å². The van der Waals surface area contributed by atoms with Crippen LogP contribution in [0.15, 0.2) is 0 Å². The molecular weight excluding hydrogens is 218 g/mol. The van der Waals surface area contributed by atoms with E-state index in [1.54, 1.807) is 4.90 Å². The van der Waals surface area contributed by atoms with Crippen molar-refractivity contribution in [2.24, 2.45) is 5.92 Å². The average Bonchev–Trinajstić information content (AvgIpc) is 2.53. The minimum Gasteiger partial charge on any atom is -0.381 e.